The minimum atomic E-state index is -5.25. The number of nitrogens with one attached hydrogen (secondary N) is 1. The summed E-state index contributed by atoms with van der Waals surface area (Å²) in [6.45, 7) is 1.34. The smallest absolute Gasteiger partial charge is 0.299 e. The highest BCUT2D eigenvalue weighted by atomic mass is 32.2. The molecule has 0 amide bonds. The molecule has 0 fully saturated rings. The lowest BCUT2D eigenvalue weighted by atomic mass is 10.0. The maximum Gasteiger partial charge on any atom is 0.299 e. The van der Waals surface area contributed by atoms with Crippen LogP contribution in [0.25, 0.3) is 10.8 Å². The summed E-state index contributed by atoms with van der Waals surface area (Å²) in [7, 11) is -14.7. The van der Waals surface area contributed by atoms with E-state index in [2.05, 4.69) is 5.32 Å². The average molecular weight is 427 g/mol. The zero-order valence-corrected chi connectivity index (χ0v) is 15.4. The lowest BCUT2D eigenvalue weighted by Gasteiger charge is -2.15. The Balaban J connectivity index is 2.89. The lowest BCUT2D eigenvalue weighted by Crippen LogP contribution is -2.14. The van der Waals surface area contributed by atoms with Gasteiger partial charge >= 0.3 is 0 Å². The minimum absolute atomic E-state index is 0.0163. The summed E-state index contributed by atoms with van der Waals surface area (Å²) in [5.41, 5.74) is 0.168. The third kappa shape index (κ3) is 4.05. The molecule has 0 unspecified atom stereocenters. The van der Waals surface area contributed by atoms with Gasteiger partial charge in [-0.05, 0) is 30.0 Å². The Morgan fingerprint density at radius 2 is 1.54 bits per heavy atom. The Morgan fingerprint density at radius 3 is 2.00 bits per heavy atom. The van der Waals surface area contributed by atoms with Gasteiger partial charge in [0.1, 0.15) is 16.5 Å². The summed E-state index contributed by atoms with van der Waals surface area (Å²) >= 11 is 0. The first-order valence-electron chi connectivity index (χ1n) is 6.56. The third-order valence-electron chi connectivity index (χ3n) is 3.44. The van der Waals surface area contributed by atoms with Crippen LogP contribution in [-0.4, -0.2) is 49.9 Å². The van der Waals surface area contributed by atoms with E-state index < -0.39 is 51.8 Å². The largest absolute Gasteiger partial charge is 0.506 e. The molecule has 0 aliphatic heterocycles. The molecule has 14 heteroatoms. The molecule has 0 saturated carbocycles. The van der Waals surface area contributed by atoms with Gasteiger partial charge in [0.05, 0.1) is 0 Å². The molecule has 144 valence electrons. The van der Waals surface area contributed by atoms with Crippen LogP contribution in [0, 0.1) is 6.92 Å². The normalized spacial score (nSPS) is 13.1. The molecule has 0 bridgehead atoms. The number of aromatic hydroxyl groups is 1. The Labute approximate surface area is 148 Å². The molecule has 0 atom stereocenters. The molecule has 0 aromatic heterocycles. The van der Waals surface area contributed by atoms with Gasteiger partial charge in [0.2, 0.25) is 0 Å². The van der Waals surface area contributed by atoms with E-state index in [1.807, 2.05) is 0 Å². The number of hydrogen-bond donors (Lipinski definition) is 5. The Hall–Kier alpha value is -1.97. The van der Waals surface area contributed by atoms with Crippen LogP contribution in [-0.2, 0) is 30.4 Å². The van der Waals surface area contributed by atoms with E-state index in [4.69, 9.17) is 4.55 Å². The fraction of sp³-hybridized carbons (Fsp3) is 0.167. The number of fused-ring (bicyclic) bond motifs is 1. The van der Waals surface area contributed by atoms with Crippen molar-refractivity contribution in [1.82, 2.24) is 0 Å². The Kier molecular flexibility index (Phi) is 4.95. The second-order valence-electron chi connectivity index (χ2n) is 5.24. The predicted octanol–water partition coefficient (Wildman–Crippen LogP) is 0.604. The number of anilines is 1. The van der Waals surface area contributed by atoms with E-state index in [-0.39, 0.29) is 22.0 Å². The monoisotopic (exact) mass is 427 g/mol. The molecule has 0 saturated heterocycles. The van der Waals surface area contributed by atoms with Crippen molar-refractivity contribution in [2.45, 2.75) is 16.7 Å². The highest BCUT2D eigenvalue weighted by molar-refractivity contribution is 7.89. The first kappa shape index (κ1) is 20.3. The summed E-state index contributed by atoms with van der Waals surface area (Å²) in [5, 5.41) is 12.4. The lowest BCUT2D eigenvalue weighted by molar-refractivity contribution is 0.435. The number of rotatable bonds is 5. The summed E-state index contributed by atoms with van der Waals surface area (Å²) in [6.07, 6.45) is 0. The van der Waals surface area contributed by atoms with Gasteiger partial charge in [0.15, 0.2) is 4.90 Å². The van der Waals surface area contributed by atoms with Crippen LogP contribution in [0.2, 0.25) is 0 Å². The topological polar surface area (TPSA) is 195 Å². The Morgan fingerprint density at radius 1 is 0.962 bits per heavy atom. The number of phenolic OH excluding ortho intramolecular Hbond substituents is 1. The van der Waals surface area contributed by atoms with Gasteiger partial charge in [-0.15, -0.1) is 0 Å². The second-order valence-corrected chi connectivity index (χ2v) is 9.44. The predicted molar refractivity (Wildman–Crippen MR) is 90.0 cm³/mol. The van der Waals surface area contributed by atoms with E-state index in [0.717, 1.165) is 6.07 Å². The summed E-state index contributed by atoms with van der Waals surface area (Å²) in [6, 6.07) is 3.22. The van der Waals surface area contributed by atoms with Crippen molar-refractivity contribution in [1.29, 1.82) is 0 Å². The molecular formula is C12H13NO10S3. The molecular weight excluding hydrogens is 414 g/mol. The SMILES string of the molecule is Cc1c(NCS(=O)(=O)O)ccc2cc(S(=O)(=O)O)c(S(=O)(=O)O)c(O)c12. The fourth-order valence-corrected chi connectivity index (χ4v) is 4.64. The average Bonchev–Trinajstić information content (AvgIpc) is 2.42. The standard InChI is InChI=1S/C12H13NO10S3/c1-6-8(13-5-24(15,16)17)3-2-7-4-9(25(18,19)20)12(26(21,22)23)11(14)10(6)7/h2-4,13-14H,5H2,1H3,(H,15,16,17)(H,18,19,20)(H,21,22,23). The minimum Gasteiger partial charge on any atom is -0.506 e. The highest BCUT2D eigenvalue weighted by Crippen LogP contribution is 2.40. The van der Waals surface area contributed by atoms with Gasteiger partial charge in [0.25, 0.3) is 30.4 Å². The fourth-order valence-electron chi connectivity index (χ4n) is 2.41. The molecule has 11 nitrogen and oxygen atoms in total. The van der Waals surface area contributed by atoms with Crippen molar-refractivity contribution in [2.24, 2.45) is 0 Å². The zero-order valence-electron chi connectivity index (χ0n) is 12.9. The van der Waals surface area contributed by atoms with Crippen LogP contribution in [0.15, 0.2) is 28.0 Å². The van der Waals surface area contributed by atoms with Gasteiger partial charge in [-0.3, -0.25) is 13.7 Å². The van der Waals surface area contributed by atoms with Crippen molar-refractivity contribution >= 4 is 46.8 Å². The number of aryl methyl sites for hydroxylation is 1. The van der Waals surface area contributed by atoms with Crippen LogP contribution < -0.4 is 5.32 Å². The number of benzene rings is 2. The van der Waals surface area contributed by atoms with Crippen LogP contribution in [0.4, 0.5) is 5.69 Å². The van der Waals surface area contributed by atoms with Crippen LogP contribution in [0.5, 0.6) is 5.75 Å². The molecule has 0 aliphatic carbocycles. The van der Waals surface area contributed by atoms with Crippen molar-refractivity contribution in [3.63, 3.8) is 0 Å². The van der Waals surface area contributed by atoms with Gasteiger partial charge in [-0.25, -0.2) is 0 Å². The second kappa shape index (κ2) is 6.33. The first-order valence-corrected chi connectivity index (χ1v) is 11.0. The van der Waals surface area contributed by atoms with E-state index in [1.165, 1.54) is 19.1 Å². The van der Waals surface area contributed by atoms with Crippen molar-refractivity contribution in [3.8, 4) is 5.75 Å². The molecule has 0 spiro atoms. The molecule has 26 heavy (non-hydrogen) atoms. The van der Waals surface area contributed by atoms with Crippen molar-refractivity contribution in [2.75, 3.05) is 11.2 Å². The molecule has 2 rings (SSSR count). The van der Waals surface area contributed by atoms with E-state index in [1.54, 1.807) is 0 Å². The molecule has 0 aliphatic rings. The summed E-state index contributed by atoms with van der Waals surface area (Å²) in [5.74, 6) is -2.03. The zero-order chi connectivity index (χ0) is 20.1. The maximum absolute atomic E-state index is 11.5. The van der Waals surface area contributed by atoms with E-state index in [9.17, 15) is 39.5 Å². The molecule has 2 aromatic rings. The Bertz CT molecular complexity index is 1210. The molecule has 0 heterocycles. The molecule has 0 radical (unpaired) electrons. The molecule has 2 aromatic carbocycles. The van der Waals surface area contributed by atoms with Crippen LogP contribution in [0.3, 0.4) is 0 Å². The van der Waals surface area contributed by atoms with Gasteiger partial charge in [-0.2, -0.15) is 25.3 Å². The van der Waals surface area contributed by atoms with Gasteiger partial charge in [0, 0.05) is 11.1 Å². The quantitative estimate of drug-likeness (QED) is 0.419. The van der Waals surface area contributed by atoms with E-state index >= 15 is 0 Å². The van der Waals surface area contributed by atoms with Gasteiger partial charge in [-0.1, -0.05) is 6.07 Å². The first-order chi connectivity index (χ1) is 11.6. The molecule has 5 N–H and O–H groups in total. The third-order valence-corrected chi connectivity index (χ3v) is 5.89. The van der Waals surface area contributed by atoms with Crippen LogP contribution in [0.1, 0.15) is 5.56 Å². The number of hydrogen-bond acceptors (Lipinski definition) is 8. The summed E-state index contributed by atoms with van der Waals surface area (Å²) < 4.78 is 94.7. The van der Waals surface area contributed by atoms with Crippen LogP contribution >= 0.6 is 0 Å². The summed E-state index contributed by atoms with van der Waals surface area (Å²) in [4.78, 5) is -2.63. The maximum atomic E-state index is 11.5. The van der Waals surface area contributed by atoms with E-state index in [0.29, 0.717) is 0 Å². The highest BCUT2D eigenvalue weighted by Gasteiger charge is 2.30. The van der Waals surface area contributed by atoms with Crippen molar-refractivity contribution in [3.05, 3.63) is 23.8 Å². The van der Waals surface area contributed by atoms with Gasteiger partial charge < -0.3 is 10.4 Å². The van der Waals surface area contributed by atoms with Crippen molar-refractivity contribution < 1.29 is 44.0 Å². The number of phenols is 1.